The highest BCUT2D eigenvalue weighted by atomic mass is 15.2. The summed E-state index contributed by atoms with van der Waals surface area (Å²) >= 11 is 0. The molecule has 90 valence electrons. The van der Waals surface area contributed by atoms with Crippen LogP contribution in [0, 0.1) is 0 Å². The van der Waals surface area contributed by atoms with Gasteiger partial charge in [0, 0.05) is 18.1 Å². The monoisotopic (exact) mass is 211 g/mol. The zero-order valence-electron chi connectivity index (χ0n) is 11.1. The van der Waals surface area contributed by atoms with E-state index in [9.17, 15) is 0 Å². The predicted molar refractivity (Wildman–Crippen MR) is 68.2 cm³/mol. The highest BCUT2D eigenvalue weighted by molar-refractivity contribution is 4.83. The second-order valence-electron chi connectivity index (χ2n) is 5.42. The molecule has 1 aliphatic rings. The Bertz CT molecular complexity index is 157. The highest BCUT2D eigenvalue weighted by Crippen LogP contribution is 2.26. The van der Waals surface area contributed by atoms with Crippen molar-refractivity contribution < 1.29 is 0 Å². The average molecular weight is 211 g/mol. The van der Waals surface area contributed by atoms with E-state index >= 15 is 0 Å². The lowest BCUT2D eigenvalue weighted by molar-refractivity contribution is 0.0577. The second kappa shape index (κ2) is 6.52. The van der Waals surface area contributed by atoms with Gasteiger partial charge in [0.15, 0.2) is 0 Å². The molecule has 0 saturated carbocycles. The van der Waals surface area contributed by atoms with Crippen molar-refractivity contribution in [3.05, 3.63) is 0 Å². The van der Waals surface area contributed by atoms with Crippen LogP contribution in [0.3, 0.4) is 0 Å². The molecule has 0 radical (unpaired) electrons. The molecule has 0 unspecified atom stereocenters. The maximum Gasteiger partial charge on any atom is 0.00725 e. The van der Waals surface area contributed by atoms with Gasteiger partial charge in [-0.3, -0.25) is 4.90 Å². The fourth-order valence-corrected chi connectivity index (χ4v) is 3.15. The van der Waals surface area contributed by atoms with E-state index in [0.717, 1.165) is 18.1 Å². The number of piperidine rings is 1. The molecule has 0 spiro atoms. The number of likely N-dealkylation sites (tertiary alicyclic amines) is 1. The van der Waals surface area contributed by atoms with Crippen LogP contribution in [-0.2, 0) is 0 Å². The van der Waals surface area contributed by atoms with Crippen LogP contribution in [0.15, 0.2) is 0 Å². The van der Waals surface area contributed by atoms with Crippen molar-refractivity contribution in [2.75, 3.05) is 0 Å². The molecule has 0 aromatic carbocycles. The smallest absolute Gasteiger partial charge is 0.00725 e. The highest BCUT2D eigenvalue weighted by Gasteiger charge is 2.27. The van der Waals surface area contributed by atoms with Crippen molar-refractivity contribution in [1.29, 1.82) is 0 Å². The molecule has 1 fully saturated rings. The Morgan fingerprint density at radius 3 is 2.27 bits per heavy atom. The summed E-state index contributed by atoms with van der Waals surface area (Å²) in [5.41, 5.74) is 0. The zero-order valence-corrected chi connectivity index (χ0v) is 11.1. The van der Waals surface area contributed by atoms with Crippen molar-refractivity contribution in [2.45, 2.75) is 90.8 Å². The summed E-state index contributed by atoms with van der Waals surface area (Å²) in [5, 5.41) is 0. The lowest BCUT2D eigenvalue weighted by Gasteiger charge is -2.43. The third-order valence-electron chi connectivity index (χ3n) is 4.00. The average Bonchev–Trinajstić information content (AvgIpc) is 2.18. The molecule has 0 bridgehead atoms. The minimum Gasteiger partial charge on any atom is -0.295 e. The summed E-state index contributed by atoms with van der Waals surface area (Å²) in [6.07, 6.45) is 9.79. The minimum atomic E-state index is 0.793. The van der Waals surface area contributed by atoms with Crippen LogP contribution in [0.1, 0.15) is 72.6 Å². The van der Waals surface area contributed by atoms with Gasteiger partial charge in [-0.25, -0.2) is 0 Å². The summed E-state index contributed by atoms with van der Waals surface area (Å²) in [4.78, 5) is 2.76. The molecule has 0 N–H and O–H groups in total. The Morgan fingerprint density at radius 1 is 1.13 bits per heavy atom. The van der Waals surface area contributed by atoms with Crippen molar-refractivity contribution in [3.63, 3.8) is 0 Å². The standard InChI is InChI=1S/C14H29N/c1-5-6-7-9-12(2)15-13(3)10-8-11-14(15)4/h12-14H,5-11H2,1-4H3/t12-,13-,14+/m0/s1. The van der Waals surface area contributed by atoms with Crippen molar-refractivity contribution in [3.8, 4) is 0 Å². The summed E-state index contributed by atoms with van der Waals surface area (Å²) < 4.78 is 0. The Morgan fingerprint density at radius 2 is 1.73 bits per heavy atom. The molecule has 0 amide bonds. The lowest BCUT2D eigenvalue weighted by atomic mass is 9.94. The third-order valence-corrected chi connectivity index (χ3v) is 4.00. The predicted octanol–water partition coefficient (Wildman–Crippen LogP) is 4.22. The minimum absolute atomic E-state index is 0.793. The quantitative estimate of drug-likeness (QED) is 0.615. The van der Waals surface area contributed by atoms with Crippen LogP contribution in [-0.4, -0.2) is 23.0 Å². The first-order valence-electron chi connectivity index (χ1n) is 6.94. The molecule has 1 rings (SSSR count). The second-order valence-corrected chi connectivity index (χ2v) is 5.42. The lowest BCUT2D eigenvalue weighted by Crippen LogP contribution is -2.48. The van der Waals surface area contributed by atoms with Crippen molar-refractivity contribution in [2.24, 2.45) is 0 Å². The normalized spacial score (nSPS) is 30.4. The molecule has 0 aromatic heterocycles. The van der Waals surface area contributed by atoms with Crippen LogP contribution in [0.2, 0.25) is 0 Å². The topological polar surface area (TPSA) is 3.24 Å². The fraction of sp³-hybridized carbons (Fsp3) is 1.00. The first-order chi connectivity index (χ1) is 7.16. The first-order valence-corrected chi connectivity index (χ1v) is 6.94. The molecular weight excluding hydrogens is 182 g/mol. The largest absolute Gasteiger partial charge is 0.295 e. The summed E-state index contributed by atoms with van der Waals surface area (Å²) in [5.74, 6) is 0. The molecule has 1 heterocycles. The maximum atomic E-state index is 2.76. The van der Waals surface area contributed by atoms with Crippen molar-refractivity contribution in [1.82, 2.24) is 4.90 Å². The van der Waals surface area contributed by atoms with Gasteiger partial charge in [0.25, 0.3) is 0 Å². The van der Waals surface area contributed by atoms with E-state index in [1.54, 1.807) is 0 Å². The van der Waals surface area contributed by atoms with E-state index in [2.05, 4.69) is 32.6 Å². The molecule has 15 heavy (non-hydrogen) atoms. The Kier molecular flexibility index (Phi) is 5.66. The first kappa shape index (κ1) is 13.0. The van der Waals surface area contributed by atoms with Gasteiger partial charge in [0.05, 0.1) is 0 Å². The molecule has 3 atom stereocenters. The number of rotatable bonds is 5. The number of unbranched alkanes of at least 4 members (excludes halogenated alkanes) is 2. The Labute approximate surface area is 96.2 Å². The molecule has 1 heteroatoms. The van der Waals surface area contributed by atoms with Gasteiger partial charge < -0.3 is 0 Å². The molecule has 1 aliphatic heterocycles. The van der Waals surface area contributed by atoms with Crippen molar-refractivity contribution >= 4 is 0 Å². The van der Waals surface area contributed by atoms with Crippen LogP contribution < -0.4 is 0 Å². The van der Waals surface area contributed by atoms with Gasteiger partial charge >= 0.3 is 0 Å². The van der Waals surface area contributed by atoms with E-state index in [4.69, 9.17) is 0 Å². The van der Waals surface area contributed by atoms with E-state index in [0.29, 0.717) is 0 Å². The van der Waals surface area contributed by atoms with E-state index in [1.165, 1.54) is 44.9 Å². The molecule has 1 saturated heterocycles. The fourth-order valence-electron chi connectivity index (χ4n) is 3.15. The summed E-state index contributed by atoms with van der Waals surface area (Å²) in [6.45, 7) is 9.53. The molecular formula is C14H29N. The van der Waals surface area contributed by atoms with Gasteiger partial charge in [0.2, 0.25) is 0 Å². The van der Waals surface area contributed by atoms with Crippen LogP contribution in [0.5, 0.6) is 0 Å². The number of hydrogen-bond donors (Lipinski definition) is 0. The number of nitrogens with zero attached hydrogens (tertiary/aromatic N) is 1. The number of hydrogen-bond acceptors (Lipinski definition) is 1. The van der Waals surface area contributed by atoms with Crippen LogP contribution in [0.25, 0.3) is 0 Å². The summed E-state index contributed by atoms with van der Waals surface area (Å²) in [6, 6.07) is 2.41. The van der Waals surface area contributed by atoms with Gasteiger partial charge in [-0.2, -0.15) is 0 Å². The molecule has 0 aliphatic carbocycles. The molecule has 0 aromatic rings. The van der Waals surface area contributed by atoms with E-state index < -0.39 is 0 Å². The third kappa shape index (κ3) is 3.79. The van der Waals surface area contributed by atoms with Gasteiger partial charge in [-0.1, -0.05) is 32.6 Å². The van der Waals surface area contributed by atoms with E-state index in [1.807, 2.05) is 0 Å². The Hall–Kier alpha value is -0.0400. The van der Waals surface area contributed by atoms with E-state index in [-0.39, 0.29) is 0 Å². The SMILES string of the molecule is CCCCC[C@H](C)N1[C@H](C)CCC[C@@H]1C. The zero-order chi connectivity index (χ0) is 11.3. The summed E-state index contributed by atoms with van der Waals surface area (Å²) in [7, 11) is 0. The Balaban J connectivity index is 2.37. The van der Waals surface area contributed by atoms with Crippen LogP contribution in [0.4, 0.5) is 0 Å². The maximum absolute atomic E-state index is 2.76. The molecule has 1 nitrogen and oxygen atoms in total. The van der Waals surface area contributed by atoms with Gasteiger partial charge in [0.1, 0.15) is 0 Å². The van der Waals surface area contributed by atoms with Gasteiger partial charge in [-0.15, -0.1) is 0 Å². The van der Waals surface area contributed by atoms with Gasteiger partial charge in [-0.05, 0) is 40.0 Å². The van der Waals surface area contributed by atoms with Crippen LogP contribution >= 0.6 is 0 Å².